The highest BCUT2D eigenvalue weighted by atomic mass is 16.6. The average Bonchev–Trinajstić information content (AvgIpc) is 2.71. The van der Waals surface area contributed by atoms with Crippen LogP contribution in [0.2, 0.25) is 0 Å². The Kier molecular flexibility index (Phi) is 3.23. The lowest BCUT2D eigenvalue weighted by atomic mass is 10.0. The summed E-state index contributed by atoms with van der Waals surface area (Å²) < 4.78 is 5.37. The standard InChI is InChI=1S/C12H17NO2/c1-14-12-8-10-4-2-3-9(10)7-11(12)5-6-15-13/h7-8H,2-6,13H2,1H3. The molecule has 1 aliphatic rings. The number of nitrogens with two attached hydrogens (primary N) is 1. The minimum atomic E-state index is 0.537. The van der Waals surface area contributed by atoms with Gasteiger partial charge in [0.15, 0.2) is 0 Å². The summed E-state index contributed by atoms with van der Waals surface area (Å²) >= 11 is 0. The summed E-state index contributed by atoms with van der Waals surface area (Å²) in [4.78, 5) is 4.61. The Hall–Kier alpha value is -1.06. The van der Waals surface area contributed by atoms with Gasteiger partial charge in [0, 0.05) is 6.42 Å². The van der Waals surface area contributed by atoms with E-state index in [1.807, 2.05) is 0 Å². The SMILES string of the molecule is COc1cc2c(cc1CCON)CCC2. The molecule has 2 N–H and O–H groups in total. The predicted octanol–water partition coefficient (Wildman–Crippen LogP) is 1.62. The highest BCUT2D eigenvalue weighted by Gasteiger charge is 2.14. The lowest BCUT2D eigenvalue weighted by Crippen LogP contribution is -2.05. The summed E-state index contributed by atoms with van der Waals surface area (Å²) in [7, 11) is 1.71. The zero-order valence-corrected chi connectivity index (χ0v) is 9.08. The minimum absolute atomic E-state index is 0.537. The van der Waals surface area contributed by atoms with Gasteiger partial charge in [0.1, 0.15) is 5.75 Å². The first-order valence-corrected chi connectivity index (χ1v) is 5.35. The molecule has 82 valence electrons. The smallest absolute Gasteiger partial charge is 0.122 e. The van der Waals surface area contributed by atoms with Gasteiger partial charge in [-0.2, -0.15) is 0 Å². The van der Waals surface area contributed by atoms with Gasteiger partial charge >= 0.3 is 0 Å². The molecule has 0 aliphatic heterocycles. The van der Waals surface area contributed by atoms with E-state index in [-0.39, 0.29) is 0 Å². The summed E-state index contributed by atoms with van der Waals surface area (Å²) in [6.45, 7) is 0.537. The number of aryl methyl sites for hydroxylation is 2. The van der Waals surface area contributed by atoms with Gasteiger partial charge in [0.05, 0.1) is 13.7 Å². The third-order valence-corrected chi connectivity index (χ3v) is 2.98. The van der Waals surface area contributed by atoms with Crippen molar-refractivity contribution in [3.63, 3.8) is 0 Å². The Bertz CT molecular complexity index is 350. The number of benzene rings is 1. The molecule has 3 nitrogen and oxygen atoms in total. The van der Waals surface area contributed by atoms with Gasteiger partial charge in [0.2, 0.25) is 0 Å². The number of hydrogen-bond donors (Lipinski definition) is 1. The maximum absolute atomic E-state index is 5.37. The fraction of sp³-hybridized carbons (Fsp3) is 0.500. The number of methoxy groups -OCH3 is 1. The third-order valence-electron chi connectivity index (χ3n) is 2.98. The van der Waals surface area contributed by atoms with E-state index < -0.39 is 0 Å². The largest absolute Gasteiger partial charge is 0.496 e. The summed E-state index contributed by atoms with van der Waals surface area (Å²) in [6.07, 6.45) is 4.44. The molecule has 0 saturated carbocycles. The summed E-state index contributed by atoms with van der Waals surface area (Å²) in [5.74, 6) is 6.01. The topological polar surface area (TPSA) is 44.5 Å². The maximum Gasteiger partial charge on any atom is 0.122 e. The Morgan fingerprint density at radius 2 is 2.00 bits per heavy atom. The van der Waals surface area contributed by atoms with E-state index in [1.165, 1.54) is 36.0 Å². The first-order valence-electron chi connectivity index (χ1n) is 5.35. The Labute approximate surface area is 90.1 Å². The molecular formula is C12H17NO2. The van der Waals surface area contributed by atoms with Gasteiger partial charge in [0.25, 0.3) is 0 Å². The van der Waals surface area contributed by atoms with E-state index in [0.717, 1.165) is 12.2 Å². The Balaban J connectivity index is 2.27. The predicted molar refractivity (Wildman–Crippen MR) is 58.9 cm³/mol. The molecule has 0 heterocycles. The highest BCUT2D eigenvalue weighted by Crippen LogP contribution is 2.30. The van der Waals surface area contributed by atoms with E-state index in [4.69, 9.17) is 10.6 Å². The first kappa shape index (κ1) is 10.5. The summed E-state index contributed by atoms with van der Waals surface area (Å²) in [5, 5.41) is 0. The van der Waals surface area contributed by atoms with Crippen molar-refractivity contribution in [2.75, 3.05) is 13.7 Å². The number of fused-ring (bicyclic) bond motifs is 1. The van der Waals surface area contributed by atoms with Crippen molar-refractivity contribution in [3.05, 3.63) is 28.8 Å². The molecule has 1 aliphatic carbocycles. The van der Waals surface area contributed by atoms with Crippen LogP contribution in [-0.2, 0) is 24.1 Å². The molecule has 2 rings (SSSR count). The molecular weight excluding hydrogens is 190 g/mol. The molecule has 0 atom stereocenters. The van der Waals surface area contributed by atoms with Crippen molar-refractivity contribution in [3.8, 4) is 5.75 Å². The minimum Gasteiger partial charge on any atom is -0.496 e. The summed E-state index contributed by atoms with van der Waals surface area (Å²) in [6, 6.07) is 4.40. The zero-order chi connectivity index (χ0) is 10.7. The van der Waals surface area contributed by atoms with Gasteiger partial charge in [-0.3, -0.25) is 0 Å². The zero-order valence-electron chi connectivity index (χ0n) is 9.08. The molecule has 0 bridgehead atoms. The molecule has 0 fully saturated rings. The van der Waals surface area contributed by atoms with E-state index in [0.29, 0.717) is 6.61 Å². The fourth-order valence-corrected chi connectivity index (χ4v) is 2.21. The maximum atomic E-state index is 5.37. The van der Waals surface area contributed by atoms with Crippen molar-refractivity contribution in [2.45, 2.75) is 25.7 Å². The molecule has 1 aromatic carbocycles. The van der Waals surface area contributed by atoms with E-state index in [9.17, 15) is 0 Å². The Morgan fingerprint density at radius 1 is 1.27 bits per heavy atom. The normalized spacial score (nSPS) is 14.0. The molecule has 0 spiro atoms. The van der Waals surface area contributed by atoms with Gasteiger partial charge in [-0.05, 0) is 42.0 Å². The van der Waals surface area contributed by atoms with E-state index >= 15 is 0 Å². The second kappa shape index (κ2) is 4.64. The second-order valence-corrected chi connectivity index (χ2v) is 3.91. The van der Waals surface area contributed by atoms with Gasteiger partial charge in [-0.1, -0.05) is 6.07 Å². The van der Waals surface area contributed by atoms with E-state index in [1.54, 1.807) is 7.11 Å². The van der Waals surface area contributed by atoms with Crippen LogP contribution < -0.4 is 10.6 Å². The van der Waals surface area contributed by atoms with Crippen molar-refractivity contribution in [1.29, 1.82) is 0 Å². The molecule has 0 unspecified atom stereocenters. The van der Waals surface area contributed by atoms with Crippen molar-refractivity contribution < 1.29 is 9.57 Å². The van der Waals surface area contributed by atoms with Crippen LogP contribution in [0.4, 0.5) is 0 Å². The average molecular weight is 207 g/mol. The first-order chi connectivity index (χ1) is 7.35. The van der Waals surface area contributed by atoms with Crippen LogP contribution in [0.3, 0.4) is 0 Å². The van der Waals surface area contributed by atoms with Crippen LogP contribution in [0.5, 0.6) is 5.75 Å². The van der Waals surface area contributed by atoms with Gasteiger partial charge < -0.3 is 9.57 Å². The van der Waals surface area contributed by atoms with Crippen molar-refractivity contribution >= 4 is 0 Å². The van der Waals surface area contributed by atoms with Crippen molar-refractivity contribution in [1.82, 2.24) is 0 Å². The molecule has 0 radical (unpaired) electrons. The Morgan fingerprint density at radius 3 is 2.67 bits per heavy atom. The lowest BCUT2D eigenvalue weighted by molar-refractivity contribution is 0.140. The molecule has 0 aromatic heterocycles. The third kappa shape index (κ3) is 2.13. The molecule has 15 heavy (non-hydrogen) atoms. The lowest BCUT2D eigenvalue weighted by Gasteiger charge is -2.10. The molecule has 1 aromatic rings. The van der Waals surface area contributed by atoms with Crippen LogP contribution in [0.15, 0.2) is 12.1 Å². The van der Waals surface area contributed by atoms with Crippen LogP contribution in [-0.4, -0.2) is 13.7 Å². The number of rotatable bonds is 4. The van der Waals surface area contributed by atoms with Crippen LogP contribution in [0.1, 0.15) is 23.1 Å². The van der Waals surface area contributed by atoms with Crippen molar-refractivity contribution in [2.24, 2.45) is 5.90 Å². The van der Waals surface area contributed by atoms with Gasteiger partial charge in [-0.25, -0.2) is 5.90 Å². The van der Waals surface area contributed by atoms with Crippen LogP contribution in [0.25, 0.3) is 0 Å². The highest BCUT2D eigenvalue weighted by molar-refractivity contribution is 5.44. The fourth-order valence-electron chi connectivity index (χ4n) is 2.21. The number of ether oxygens (including phenoxy) is 1. The molecule has 3 heteroatoms. The molecule has 0 amide bonds. The monoisotopic (exact) mass is 207 g/mol. The molecule has 0 saturated heterocycles. The second-order valence-electron chi connectivity index (χ2n) is 3.91. The van der Waals surface area contributed by atoms with Gasteiger partial charge in [-0.15, -0.1) is 0 Å². The number of hydrogen-bond acceptors (Lipinski definition) is 3. The van der Waals surface area contributed by atoms with Crippen LogP contribution in [0, 0.1) is 0 Å². The van der Waals surface area contributed by atoms with E-state index in [2.05, 4.69) is 17.0 Å². The van der Waals surface area contributed by atoms with Crippen LogP contribution >= 0.6 is 0 Å². The quantitative estimate of drug-likeness (QED) is 0.763. The summed E-state index contributed by atoms with van der Waals surface area (Å²) in [5.41, 5.74) is 4.09.